The van der Waals surface area contributed by atoms with Gasteiger partial charge in [-0.2, -0.15) is 10.2 Å². The number of ether oxygens (including phenoxy) is 24. The summed E-state index contributed by atoms with van der Waals surface area (Å²) in [5.74, 6) is -0.350. The third-order valence-corrected chi connectivity index (χ3v) is 14.2. The van der Waals surface area contributed by atoms with Gasteiger partial charge in [-0.15, -0.1) is 0 Å². The van der Waals surface area contributed by atoms with Gasteiger partial charge in [0, 0.05) is 91.1 Å². The van der Waals surface area contributed by atoms with Gasteiger partial charge >= 0.3 is 0 Å². The largest absolute Gasteiger partial charge is 0.487 e. The van der Waals surface area contributed by atoms with Gasteiger partial charge in [0.15, 0.2) is 23.0 Å². The minimum atomic E-state index is -0.473. The first-order chi connectivity index (χ1) is 53.1. The number of methoxy groups -OCH3 is 6. The van der Waals surface area contributed by atoms with Gasteiger partial charge in [0.2, 0.25) is 11.5 Å². The second-order valence-electron chi connectivity index (χ2n) is 22.3. The van der Waals surface area contributed by atoms with Crippen molar-refractivity contribution < 1.29 is 133 Å². The van der Waals surface area contributed by atoms with Crippen molar-refractivity contribution in [3.63, 3.8) is 0 Å². The maximum atomic E-state index is 13.8. The SMILES string of the molecule is COCCOCCOCCOc1cc(C(=O)NCCNC(=O)c2ccc(N=Nc3ccc(C(=O)NCCNC(=O)c4cc(OCCOCCOCCOC)c(OCCOCCOCCOC)c(OCCOCCOCCOC)c4)cc3)cc2)cc(OCCOCCOCCOC)c1OCCOCCOCCOC. The average molecular weight is 1540 g/mol. The number of carbonyl (C=O) groups excluding carboxylic acids is 4. The Morgan fingerprint density at radius 3 is 0.611 bits per heavy atom. The normalized spacial score (nSPS) is 11.3. The first-order valence-electron chi connectivity index (χ1n) is 35.9. The molecule has 0 bridgehead atoms. The highest BCUT2D eigenvalue weighted by atomic mass is 16.6. The molecule has 0 saturated carbocycles. The van der Waals surface area contributed by atoms with Crippen LogP contribution in [0.15, 0.2) is 83.0 Å². The number of hydrogen-bond acceptors (Lipinski definition) is 30. The predicted molar refractivity (Wildman–Crippen MR) is 393 cm³/mol. The number of nitrogens with zero attached hydrogens (tertiary/aromatic N) is 2. The first-order valence-corrected chi connectivity index (χ1v) is 35.9. The number of benzene rings is 4. The zero-order valence-electron chi connectivity index (χ0n) is 63.5. The fourth-order valence-electron chi connectivity index (χ4n) is 8.75. The van der Waals surface area contributed by atoms with Crippen LogP contribution >= 0.6 is 0 Å². The molecule has 4 amide bonds. The Hall–Kier alpha value is -7.56. The van der Waals surface area contributed by atoms with Gasteiger partial charge in [-0.1, -0.05) is 0 Å². The fraction of sp³-hybridized carbons (Fsp3) is 0.622. The Kier molecular flexibility index (Phi) is 55.2. The molecule has 0 heterocycles. The molecule has 108 heavy (non-hydrogen) atoms. The van der Waals surface area contributed by atoms with E-state index in [4.69, 9.17) is 114 Å². The Morgan fingerprint density at radius 2 is 0.407 bits per heavy atom. The summed E-state index contributed by atoms with van der Waals surface area (Å²) in [6.45, 7) is 11.9. The van der Waals surface area contributed by atoms with E-state index in [1.165, 1.54) is 0 Å². The first kappa shape index (κ1) is 92.8. The van der Waals surface area contributed by atoms with Crippen molar-refractivity contribution in [1.82, 2.24) is 21.3 Å². The van der Waals surface area contributed by atoms with Crippen LogP contribution < -0.4 is 49.7 Å². The van der Waals surface area contributed by atoms with Crippen LogP contribution in [-0.2, 0) is 85.3 Å². The number of hydrogen-bond donors (Lipinski definition) is 4. The van der Waals surface area contributed by atoms with Crippen molar-refractivity contribution in [2.24, 2.45) is 10.2 Å². The molecule has 0 saturated heterocycles. The molecule has 0 unspecified atom stereocenters. The molecule has 0 aliphatic heterocycles. The Morgan fingerprint density at radius 1 is 0.231 bits per heavy atom. The van der Waals surface area contributed by atoms with E-state index in [1.54, 1.807) is 115 Å². The molecule has 0 fully saturated rings. The highest BCUT2D eigenvalue weighted by Crippen LogP contribution is 2.41. The molecule has 34 nitrogen and oxygen atoms in total. The van der Waals surface area contributed by atoms with E-state index in [0.717, 1.165) is 0 Å². The quantitative estimate of drug-likeness (QED) is 0.0341. The second-order valence-corrected chi connectivity index (χ2v) is 22.3. The third kappa shape index (κ3) is 44.2. The van der Waals surface area contributed by atoms with E-state index in [9.17, 15) is 19.2 Å². The number of nitrogens with one attached hydrogen (secondary N) is 4. The van der Waals surface area contributed by atoms with Gasteiger partial charge in [0.25, 0.3) is 23.6 Å². The summed E-state index contributed by atoms with van der Waals surface area (Å²) in [5.41, 5.74) is 2.00. The molecule has 0 spiro atoms. The Bertz CT molecular complexity index is 2700. The number of rotatable bonds is 72. The average Bonchev–Trinajstić information content (AvgIpc) is 0.822. The van der Waals surface area contributed by atoms with Crippen molar-refractivity contribution in [3.05, 3.63) is 95.1 Å². The molecule has 0 aromatic heterocycles. The van der Waals surface area contributed by atoms with E-state index in [-0.39, 0.29) is 163 Å². The minimum Gasteiger partial charge on any atom is -0.487 e. The van der Waals surface area contributed by atoms with E-state index >= 15 is 0 Å². The van der Waals surface area contributed by atoms with Crippen molar-refractivity contribution >= 4 is 35.0 Å². The van der Waals surface area contributed by atoms with Crippen LogP contribution in [-0.4, -0.2) is 330 Å². The number of carbonyl (C=O) groups is 4. The molecule has 4 N–H and O–H groups in total. The number of amides is 4. The van der Waals surface area contributed by atoms with Crippen molar-refractivity contribution in [1.29, 1.82) is 0 Å². The zero-order chi connectivity index (χ0) is 77.2. The van der Waals surface area contributed by atoms with Gasteiger partial charge in [-0.25, -0.2) is 0 Å². The fourth-order valence-corrected chi connectivity index (χ4v) is 8.75. The molecule has 608 valence electrons. The monoisotopic (exact) mass is 1530 g/mol. The van der Waals surface area contributed by atoms with Crippen LogP contribution in [0.3, 0.4) is 0 Å². The highest BCUT2D eigenvalue weighted by Gasteiger charge is 2.22. The highest BCUT2D eigenvalue weighted by molar-refractivity contribution is 5.97. The van der Waals surface area contributed by atoms with Gasteiger partial charge < -0.3 is 135 Å². The smallest absolute Gasteiger partial charge is 0.251 e. The van der Waals surface area contributed by atoms with Gasteiger partial charge in [0.05, 0.1) is 210 Å². The molecule has 4 aromatic rings. The summed E-state index contributed by atoms with van der Waals surface area (Å²) in [5, 5.41) is 20.0. The van der Waals surface area contributed by atoms with Crippen LogP contribution in [0.4, 0.5) is 11.4 Å². The standard InChI is InChI=1S/C74H114N6O28/c1-85-19-25-91-31-37-97-43-49-103-65-55-61(56-66(104-50-44-98-38-32-92-26-20-86-2)69(65)107-53-47-101-41-35-95-29-23-89-5)73(83)77-17-15-75-71(81)59-7-11-63(12-8-59)79-80-64-13-9-60(10-14-64)72(82)76-16-18-78-74(84)62-57-67(105-51-45-99-39-33-93-27-21-87-3)70(108-54-48-102-42-36-96-30-24-90-6)68(58-62)106-52-46-100-40-34-94-28-22-88-4/h7-14,55-58H,15-54H2,1-6H3,(H,75,81)(H,76,82)(H,77,83)(H,78,84). The molecule has 34 heteroatoms. The maximum absolute atomic E-state index is 13.8. The van der Waals surface area contributed by atoms with Gasteiger partial charge in [-0.05, 0) is 72.8 Å². The lowest BCUT2D eigenvalue weighted by molar-refractivity contribution is 0.0146. The summed E-state index contributed by atoms with van der Waals surface area (Å²) in [6.07, 6.45) is 0. The molecule has 4 rings (SSSR count). The topological polar surface area (TPSA) is 363 Å². The molecular formula is C74H114N6O28. The summed E-state index contributed by atoms with van der Waals surface area (Å²) in [7, 11) is 9.60. The maximum Gasteiger partial charge on any atom is 0.251 e. The lowest BCUT2D eigenvalue weighted by Gasteiger charge is -2.19. The van der Waals surface area contributed by atoms with Gasteiger partial charge in [0.1, 0.15) is 39.6 Å². The molecular weight excluding hydrogens is 1420 g/mol. The summed E-state index contributed by atoms with van der Waals surface area (Å²) >= 11 is 0. The van der Waals surface area contributed by atoms with Crippen LogP contribution in [0.2, 0.25) is 0 Å². The van der Waals surface area contributed by atoms with Crippen LogP contribution in [0, 0.1) is 0 Å². The lowest BCUT2D eigenvalue weighted by atomic mass is 10.1. The van der Waals surface area contributed by atoms with Crippen molar-refractivity contribution in [2.75, 3.05) is 307 Å². The van der Waals surface area contributed by atoms with Crippen LogP contribution in [0.1, 0.15) is 41.4 Å². The van der Waals surface area contributed by atoms with E-state index in [1.807, 2.05) is 0 Å². The van der Waals surface area contributed by atoms with Crippen LogP contribution in [0.5, 0.6) is 34.5 Å². The Labute approximate surface area is 633 Å². The van der Waals surface area contributed by atoms with E-state index in [2.05, 4.69) is 31.5 Å². The Balaban J connectivity index is 1.33. The molecule has 0 radical (unpaired) electrons. The summed E-state index contributed by atoms with van der Waals surface area (Å²) in [6, 6.07) is 19.1. The summed E-state index contributed by atoms with van der Waals surface area (Å²) in [4.78, 5) is 54.1. The van der Waals surface area contributed by atoms with E-state index < -0.39 is 11.8 Å². The molecule has 0 aliphatic carbocycles. The van der Waals surface area contributed by atoms with Crippen molar-refractivity contribution in [2.45, 2.75) is 0 Å². The second kappa shape index (κ2) is 64.3. The molecule has 4 aromatic carbocycles. The molecule has 0 atom stereocenters. The predicted octanol–water partition coefficient (Wildman–Crippen LogP) is 4.77. The van der Waals surface area contributed by atoms with E-state index in [0.29, 0.717) is 181 Å². The number of azo groups is 1. The van der Waals surface area contributed by atoms with Crippen molar-refractivity contribution in [3.8, 4) is 34.5 Å². The lowest BCUT2D eigenvalue weighted by Crippen LogP contribution is -2.34. The minimum absolute atomic E-state index is 0.0697. The summed E-state index contributed by atoms with van der Waals surface area (Å²) < 4.78 is 134. The molecule has 0 aliphatic rings. The van der Waals surface area contributed by atoms with Crippen LogP contribution in [0.25, 0.3) is 0 Å². The third-order valence-electron chi connectivity index (χ3n) is 14.2. The van der Waals surface area contributed by atoms with Gasteiger partial charge in [-0.3, -0.25) is 19.2 Å². The zero-order valence-corrected chi connectivity index (χ0v) is 63.5.